The molecular weight excluding hydrogens is 464 g/mol. The van der Waals surface area contributed by atoms with E-state index in [9.17, 15) is 0 Å². The number of piperidine rings is 1. The summed E-state index contributed by atoms with van der Waals surface area (Å²) in [6, 6.07) is 3.61. The molecule has 0 unspecified atom stereocenters. The lowest BCUT2D eigenvalue weighted by molar-refractivity contribution is 0.187. The van der Waals surface area contributed by atoms with E-state index in [4.69, 9.17) is 14.6 Å². The first-order valence-corrected chi connectivity index (χ1v) is 12.3. The van der Waals surface area contributed by atoms with Gasteiger partial charge in [0.2, 0.25) is 0 Å². The van der Waals surface area contributed by atoms with Gasteiger partial charge in [-0.05, 0) is 37.9 Å². The summed E-state index contributed by atoms with van der Waals surface area (Å²) >= 11 is 0. The number of rotatable bonds is 7. The summed E-state index contributed by atoms with van der Waals surface area (Å²) in [5.41, 5.74) is 4.13. The second kappa shape index (κ2) is 9.89. The molecule has 1 N–H and O–H groups in total. The van der Waals surface area contributed by atoms with E-state index in [1.165, 1.54) is 20.3 Å². The van der Waals surface area contributed by atoms with Gasteiger partial charge in [-0.2, -0.15) is 5.10 Å². The van der Waals surface area contributed by atoms with E-state index in [0.29, 0.717) is 11.7 Å². The number of methoxy groups -OCH3 is 2. The minimum atomic E-state index is -0.736. The second-order valence-corrected chi connectivity index (χ2v) is 9.27. The predicted octanol–water partition coefficient (Wildman–Crippen LogP) is 5.28. The molecule has 1 aliphatic heterocycles. The number of nitrogens with one attached hydrogen (secondary N) is 1. The maximum Gasteiger partial charge on any atom is 0.171 e. The zero-order valence-corrected chi connectivity index (χ0v) is 21.1. The Kier molecular flexibility index (Phi) is 6.66. The van der Waals surface area contributed by atoms with Crippen LogP contribution in [0.5, 0.6) is 11.5 Å². The van der Waals surface area contributed by atoms with Gasteiger partial charge >= 0.3 is 0 Å². The quantitative estimate of drug-likeness (QED) is 0.378. The number of hydrogen-bond donors (Lipinski definition) is 1. The monoisotopic (exact) mass is 495 g/mol. The van der Waals surface area contributed by atoms with Gasteiger partial charge in [0, 0.05) is 66.2 Å². The van der Waals surface area contributed by atoms with Gasteiger partial charge < -0.3 is 19.4 Å². The number of nitrogens with zero attached hydrogens (tertiary/aromatic N) is 4. The summed E-state index contributed by atoms with van der Waals surface area (Å²) in [4.78, 5) is 10.2. The maximum atomic E-state index is 15.0. The Morgan fingerprint density at radius 2 is 1.78 bits per heavy atom. The topological polar surface area (TPSA) is 68.2 Å². The first-order valence-electron chi connectivity index (χ1n) is 12.3. The number of ether oxygens (including phenoxy) is 2. The van der Waals surface area contributed by atoms with Crippen LogP contribution < -0.4 is 9.47 Å². The van der Waals surface area contributed by atoms with Crippen molar-refractivity contribution in [1.82, 2.24) is 24.6 Å². The normalized spacial score (nSPS) is 15.1. The van der Waals surface area contributed by atoms with Crippen molar-refractivity contribution >= 4 is 11.0 Å². The van der Waals surface area contributed by atoms with E-state index >= 15 is 8.78 Å². The molecule has 1 saturated heterocycles. The van der Waals surface area contributed by atoms with Crippen molar-refractivity contribution in [3.05, 3.63) is 59.2 Å². The zero-order valence-electron chi connectivity index (χ0n) is 21.1. The van der Waals surface area contributed by atoms with Gasteiger partial charge in [0.1, 0.15) is 5.65 Å². The number of H-pyrrole nitrogens is 1. The smallest absolute Gasteiger partial charge is 0.171 e. The van der Waals surface area contributed by atoms with Gasteiger partial charge in [-0.1, -0.05) is 6.92 Å². The van der Waals surface area contributed by atoms with E-state index in [-0.39, 0.29) is 23.5 Å². The number of likely N-dealkylation sites (tertiary alicyclic amines) is 1. The Morgan fingerprint density at radius 3 is 2.42 bits per heavy atom. The summed E-state index contributed by atoms with van der Waals surface area (Å²) < 4.78 is 42.3. The van der Waals surface area contributed by atoms with Crippen LogP contribution in [0.4, 0.5) is 8.78 Å². The van der Waals surface area contributed by atoms with Gasteiger partial charge in [-0.3, -0.25) is 4.68 Å². The molecule has 0 atom stereocenters. The molecule has 7 nitrogen and oxygen atoms in total. The fraction of sp³-hybridized carbons (Fsp3) is 0.407. The van der Waals surface area contributed by atoms with E-state index in [0.717, 1.165) is 60.2 Å². The molecule has 0 spiro atoms. The third kappa shape index (κ3) is 4.32. The Hall–Kier alpha value is -3.46. The number of hydrogen-bond acceptors (Lipinski definition) is 5. The van der Waals surface area contributed by atoms with E-state index in [1.807, 2.05) is 19.2 Å². The molecule has 1 fully saturated rings. The molecule has 5 rings (SSSR count). The molecule has 0 saturated carbocycles. The molecule has 190 valence electrons. The van der Waals surface area contributed by atoms with Crippen LogP contribution in [0.15, 0.2) is 30.7 Å². The molecule has 0 bridgehead atoms. The largest absolute Gasteiger partial charge is 0.494 e. The van der Waals surface area contributed by atoms with Crippen molar-refractivity contribution in [3.63, 3.8) is 0 Å². The SMILES string of the molecule is CCN1CCC(n2cc(-c3cnc4[nH]cc(Cc5c(F)c(OC)cc(OC)c5F)c4c3)c(C)n2)CC1. The van der Waals surface area contributed by atoms with Gasteiger partial charge in [0.05, 0.1) is 26.0 Å². The Labute approximate surface area is 209 Å². The Morgan fingerprint density at radius 1 is 1.08 bits per heavy atom. The van der Waals surface area contributed by atoms with Crippen LogP contribution in [0.25, 0.3) is 22.2 Å². The predicted molar refractivity (Wildman–Crippen MR) is 135 cm³/mol. The Bertz CT molecular complexity index is 1360. The third-order valence-electron chi connectivity index (χ3n) is 7.25. The number of aryl methyl sites for hydroxylation is 1. The van der Waals surface area contributed by atoms with Crippen LogP contribution in [0.2, 0.25) is 0 Å². The molecule has 1 aliphatic rings. The number of fused-ring (bicyclic) bond motifs is 1. The van der Waals surface area contributed by atoms with Crippen LogP contribution in [0, 0.1) is 18.6 Å². The summed E-state index contributed by atoms with van der Waals surface area (Å²) in [7, 11) is 2.69. The van der Waals surface area contributed by atoms with Gasteiger partial charge in [0.25, 0.3) is 0 Å². The molecular formula is C27H31F2N5O2. The van der Waals surface area contributed by atoms with Gasteiger partial charge in [-0.25, -0.2) is 13.8 Å². The highest BCUT2D eigenvalue weighted by Gasteiger charge is 2.23. The molecule has 0 radical (unpaired) electrons. The lowest BCUT2D eigenvalue weighted by atomic mass is 10.0. The van der Waals surface area contributed by atoms with Gasteiger partial charge in [0.15, 0.2) is 23.1 Å². The maximum absolute atomic E-state index is 15.0. The van der Waals surface area contributed by atoms with Crippen LogP contribution in [-0.2, 0) is 6.42 Å². The summed E-state index contributed by atoms with van der Waals surface area (Å²) in [6.45, 7) is 7.44. The molecule has 0 amide bonds. The van der Waals surface area contributed by atoms with Crippen molar-refractivity contribution in [2.24, 2.45) is 0 Å². The van der Waals surface area contributed by atoms with Crippen molar-refractivity contribution in [2.75, 3.05) is 33.9 Å². The minimum Gasteiger partial charge on any atom is -0.494 e. The fourth-order valence-electron chi connectivity index (χ4n) is 5.09. The number of pyridine rings is 1. The highest BCUT2D eigenvalue weighted by atomic mass is 19.1. The van der Waals surface area contributed by atoms with Crippen LogP contribution >= 0.6 is 0 Å². The van der Waals surface area contributed by atoms with E-state index in [1.54, 1.807) is 6.20 Å². The number of benzene rings is 1. The lowest BCUT2D eigenvalue weighted by Crippen LogP contribution is -2.34. The average molecular weight is 496 g/mol. The summed E-state index contributed by atoms with van der Waals surface area (Å²) in [6.07, 6.45) is 7.83. The van der Waals surface area contributed by atoms with Crippen molar-refractivity contribution < 1.29 is 18.3 Å². The molecule has 9 heteroatoms. The van der Waals surface area contributed by atoms with Gasteiger partial charge in [-0.15, -0.1) is 0 Å². The zero-order chi connectivity index (χ0) is 25.4. The highest BCUT2D eigenvalue weighted by Crippen LogP contribution is 2.35. The van der Waals surface area contributed by atoms with Crippen LogP contribution in [0.3, 0.4) is 0 Å². The molecule has 4 aromatic rings. The molecule has 1 aromatic carbocycles. The molecule has 36 heavy (non-hydrogen) atoms. The molecule has 4 heterocycles. The van der Waals surface area contributed by atoms with E-state index < -0.39 is 11.6 Å². The standard InChI is InChI=1S/C27H31F2N5O2/c1-5-33-8-6-19(7-9-33)34-15-22(16(2)32-34)18-10-20-17(13-30-27(20)31-14-18)11-21-25(28)23(35-3)12-24(36-4)26(21)29/h10,12-15,19H,5-9,11H2,1-4H3,(H,30,31). The molecule has 0 aliphatic carbocycles. The van der Waals surface area contributed by atoms with Crippen molar-refractivity contribution in [2.45, 2.75) is 39.2 Å². The van der Waals surface area contributed by atoms with Crippen molar-refractivity contribution in [3.8, 4) is 22.6 Å². The highest BCUT2D eigenvalue weighted by molar-refractivity contribution is 5.85. The summed E-state index contributed by atoms with van der Waals surface area (Å²) in [5.74, 6) is -1.59. The molecule has 3 aromatic heterocycles. The van der Waals surface area contributed by atoms with E-state index in [2.05, 4.69) is 32.7 Å². The first kappa shape index (κ1) is 24.2. The lowest BCUT2D eigenvalue weighted by Gasteiger charge is -2.31. The fourth-order valence-corrected chi connectivity index (χ4v) is 5.09. The Balaban J connectivity index is 1.48. The minimum absolute atomic E-state index is 0.0185. The average Bonchev–Trinajstić information content (AvgIpc) is 3.49. The number of aromatic amines is 1. The van der Waals surface area contributed by atoms with Crippen LogP contribution in [-0.4, -0.2) is 58.5 Å². The third-order valence-corrected chi connectivity index (χ3v) is 7.25. The number of halogens is 2. The summed E-state index contributed by atoms with van der Waals surface area (Å²) in [5, 5.41) is 5.62. The van der Waals surface area contributed by atoms with Crippen LogP contribution in [0.1, 0.15) is 42.6 Å². The number of aromatic nitrogens is 4. The van der Waals surface area contributed by atoms with Crippen molar-refractivity contribution in [1.29, 1.82) is 0 Å². The first-order chi connectivity index (χ1) is 17.4. The second-order valence-electron chi connectivity index (χ2n) is 9.27.